The van der Waals surface area contributed by atoms with Crippen molar-refractivity contribution < 1.29 is 32.5 Å². The first-order valence-electron chi connectivity index (χ1n) is 11.4. The van der Waals surface area contributed by atoms with Crippen LogP contribution in [0.4, 0.5) is 0 Å². The molecule has 0 fully saturated rings. The van der Waals surface area contributed by atoms with Crippen molar-refractivity contribution in [3.05, 3.63) is 50.1 Å². The molecule has 0 N–H and O–H groups in total. The third kappa shape index (κ3) is 9.32. The number of hydrogen-bond acceptors (Lipinski definition) is 7. The van der Waals surface area contributed by atoms with E-state index >= 15 is 0 Å². The molecule has 0 aliphatic heterocycles. The van der Waals surface area contributed by atoms with Gasteiger partial charge in [-0.1, -0.05) is 53.0 Å². The van der Waals surface area contributed by atoms with Gasteiger partial charge in [0.1, 0.15) is 12.1 Å². The van der Waals surface area contributed by atoms with Gasteiger partial charge in [-0.25, -0.2) is 13.7 Å². The van der Waals surface area contributed by atoms with Gasteiger partial charge < -0.3 is 9.47 Å². The van der Waals surface area contributed by atoms with Gasteiger partial charge in [0.05, 0.1) is 14.2 Å². The molecular formula is C24H42N2O7P2. The fourth-order valence-electron chi connectivity index (χ4n) is 3.52. The van der Waals surface area contributed by atoms with Crippen LogP contribution in [0.5, 0.6) is 0 Å². The molecule has 4 atom stereocenters. The van der Waals surface area contributed by atoms with Crippen LogP contribution in [0.3, 0.4) is 0 Å². The highest BCUT2D eigenvalue weighted by atomic mass is 31.2. The molecule has 2 unspecified atom stereocenters. The molecule has 0 aromatic carbocycles. The number of carbonyl (C=O) groups is 2. The smallest absolute Gasteiger partial charge is 0.323 e. The molecule has 0 aromatic heterocycles. The van der Waals surface area contributed by atoms with E-state index in [2.05, 4.69) is 26.3 Å². The second-order valence-corrected chi connectivity index (χ2v) is 13.4. The number of esters is 2. The van der Waals surface area contributed by atoms with Gasteiger partial charge in [0.15, 0.2) is 0 Å². The zero-order valence-electron chi connectivity index (χ0n) is 21.9. The minimum Gasteiger partial charge on any atom is -0.468 e. The Labute approximate surface area is 210 Å². The van der Waals surface area contributed by atoms with Crippen LogP contribution in [-0.4, -0.2) is 60.7 Å². The molecule has 0 bridgehead atoms. The zero-order chi connectivity index (χ0) is 27.4. The molecule has 200 valence electrons. The molecular weight excluding hydrogens is 490 g/mol. The van der Waals surface area contributed by atoms with E-state index in [1.807, 2.05) is 27.7 Å². The van der Waals surface area contributed by atoms with Crippen molar-refractivity contribution >= 4 is 27.0 Å². The second kappa shape index (κ2) is 15.4. The van der Waals surface area contributed by atoms with Crippen molar-refractivity contribution in [2.24, 2.45) is 11.8 Å². The van der Waals surface area contributed by atoms with Crippen molar-refractivity contribution in [1.82, 2.24) is 9.34 Å². The first kappa shape index (κ1) is 33.2. The summed E-state index contributed by atoms with van der Waals surface area (Å²) in [6, 6.07) is -1.97. The maximum atomic E-state index is 14.2. The lowest BCUT2D eigenvalue weighted by Crippen LogP contribution is -2.43. The Morgan fingerprint density at radius 3 is 1.26 bits per heavy atom. The summed E-state index contributed by atoms with van der Waals surface area (Å²) in [4.78, 5) is 25.3. The van der Waals surface area contributed by atoms with Crippen LogP contribution in [0.25, 0.3) is 0 Å². The SMILES string of the molecule is C=CCN([C@@H](CC(C)C)C(=O)OC)P(=O)(C=C)OP(=O)(C=C)N(CC=C)[C@@H](CC(C)C)C(=O)OC. The van der Waals surface area contributed by atoms with Crippen LogP contribution in [0.15, 0.2) is 50.1 Å². The van der Waals surface area contributed by atoms with Crippen LogP contribution in [0, 0.1) is 11.8 Å². The normalized spacial score (nSPS) is 16.7. The fraction of sp³-hybridized carbons (Fsp3) is 0.583. The van der Waals surface area contributed by atoms with Gasteiger partial charge in [-0.3, -0.25) is 18.7 Å². The summed E-state index contributed by atoms with van der Waals surface area (Å²) in [5, 5.41) is 0. The van der Waals surface area contributed by atoms with E-state index in [9.17, 15) is 18.7 Å². The summed E-state index contributed by atoms with van der Waals surface area (Å²) >= 11 is 0. The molecule has 0 heterocycles. The lowest BCUT2D eigenvalue weighted by molar-refractivity contribution is -0.146. The molecule has 9 nitrogen and oxygen atoms in total. The van der Waals surface area contributed by atoms with Crippen molar-refractivity contribution in [2.75, 3.05) is 27.3 Å². The Balaban J connectivity index is 6.79. The van der Waals surface area contributed by atoms with Gasteiger partial charge in [-0.2, -0.15) is 0 Å². The lowest BCUT2D eigenvalue weighted by atomic mass is 10.0. The summed E-state index contributed by atoms with van der Waals surface area (Å²) in [7, 11) is -5.88. The Hall–Kier alpha value is -1.76. The fourth-order valence-corrected chi connectivity index (χ4v) is 8.40. The third-order valence-electron chi connectivity index (χ3n) is 5.10. The number of hydrogen-bond donors (Lipinski definition) is 0. The van der Waals surface area contributed by atoms with E-state index < -0.39 is 39.1 Å². The minimum absolute atomic E-state index is 0.0305. The average Bonchev–Trinajstić information content (AvgIpc) is 2.81. The minimum atomic E-state index is -4.17. The van der Waals surface area contributed by atoms with Gasteiger partial charge >= 0.3 is 27.0 Å². The van der Waals surface area contributed by atoms with Crippen LogP contribution < -0.4 is 0 Å². The molecule has 11 heteroatoms. The molecule has 0 aliphatic carbocycles. The highest BCUT2D eigenvalue weighted by Gasteiger charge is 2.47. The molecule has 0 aromatic rings. The zero-order valence-corrected chi connectivity index (χ0v) is 23.7. The molecule has 0 rings (SSSR count). The van der Waals surface area contributed by atoms with Crippen molar-refractivity contribution in [1.29, 1.82) is 0 Å². The van der Waals surface area contributed by atoms with E-state index in [4.69, 9.17) is 13.8 Å². The Kier molecular flexibility index (Phi) is 14.6. The third-order valence-corrected chi connectivity index (χ3v) is 10.2. The highest BCUT2D eigenvalue weighted by molar-refractivity contribution is 7.72. The molecule has 0 radical (unpaired) electrons. The van der Waals surface area contributed by atoms with Gasteiger partial charge in [-0.15, -0.1) is 13.2 Å². The maximum Gasteiger partial charge on any atom is 0.323 e. The van der Waals surface area contributed by atoms with Crippen LogP contribution in [0.2, 0.25) is 0 Å². The molecule has 0 aliphatic rings. The monoisotopic (exact) mass is 532 g/mol. The number of rotatable bonds is 18. The first-order valence-corrected chi connectivity index (χ1v) is 14.7. The summed E-state index contributed by atoms with van der Waals surface area (Å²) in [5.74, 6) is 0.866. The topological polar surface area (TPSA) is 102 Å². The summed E-state index contributed by atoms with van der Waals surface area (Å²) in [6.07, 6.45) is 3.47. The van der Waals surface area contributed by atoms with Crippen molar-refractivity contribution in [3.8, 4) is 0 Å². The summed E-state index contributed by atoms with van der Waals surface area (Å²) in [5.41, 5.74) is 0. The summed E-state index contributed by atoms with van der Waals surface area (Å²) < 4.78 is 46.8. The van der Waals surface area contributed by atoms with E-state index in [1.165, 1.54) is 35.7 Å². The van der Waals surface area contributed by atoms with E-state index in [0.717, 1.165) is 11.6 Å². The highest BCUT2D eigenvalue weighted by Crippen LogP contribution is 2.69. The number of methoxy groups -OCH3 is 2. The van der Waals surface area contributed by atoms with E-state index in [-0.39, 0.29) is 37.8 Å². The second-order valence-electron chi connectivity index (χ2n) is 8.73. The van der Waals surface area contributed by atoms with Crippen molar-refractivity contribution in [3.63, 3.8) is 0 Å². The van der Waals surface area contributed by atoms with Crippen molar-refractivity contribution in [2.45, 2.75) is 52.6 Å². The summed E-state index contributed by atoms with van der Waals surface area (Å²) in [6.45, 7) is 22.2. The van der Waals surface area contributed by atoms with Crippen LogP contribution in [-0.2, 0) is 32.5 Å². The van der Waals surface area contributed by atoms with Crippen LogP contribution >= 0.6 is 15.0 Å². The first-order chi connectivity index (χ1) is 16.3. The maximum absolute atomic E-state index is 14.2. The quantitative estimate of drug-likeness (QED) is 0.123. The van der Waals surface area contributed by atoms with Gasteiger partial charge in [0.2, 0.25) is 0 Å². The molecule has 35 heavy (non-hydrogen) atoms. The standard InChI is InChI=1S/C24H42N2O7P2/c1-11-15-25(21(17-19(5)6)23(27)31-9)34(29,13-3)33-35(30,14-4)26(16-12-2)22(18-20(7)8)24(28)32-10/h11-14,19-22H,1-4,15-18H2,5-10H3/t21-,22-,34?,35?/m0/s1. The van der Waals surface area contributed by atoms with Gasteiger partial charge in [0.25, 0.3) is 0 Å². The predicted octanol–water partition coefficient (Wildman–Crippen LogP) is 5.83. The Morgan fingerprint density at radius 1 is 0.743 bits per heavy atom. The number of ether oxygens (including phenoxy) is 2. The van der Waals surface area contributed by atoms with Gasteiger partial charge in [-0.05, 0) is 24.7 Å². The molecule has 0 saturated carbocycles. The Bertz CT molecular complexity index is 789. The average molecular weight is 533 g/mol. The van der Waals surface area contributed by atoms with Crippen LogP contribution in [0.1, 0.15) is 40.5 Å². The molecule has 0 spiro atoms. The number of carbonyl (C=O) groups excluding carboxylic acids is 2. The van der Waals surface area contributed by atoms with Gasteiger partial charge in [0, 0.05) is 24.7 Å². The predicted molar refractivity (Wildman–Crippen MR) is 141 cm³/mol. The number of nitrogens with zero attached hydrogens (tertiary/aromatic N) is 2. The Morgan fingerprint density at radius 2 is 1.06 bits per heavy atom. The molecule has 0 saturated heterocycles. The van der Waals surface area contributed by atoms with E-state index in [1.54, 1.807) is 0 Å². The molecule has 0 amide bonds. The van der Waals surface area contributed by atoms with E-state index in [0.29, 0.717) is 0 Å². The largest absolute Gasteiger partial charge is 0.468 e. The lowest BCUT2D eigenvalue weighted by Gasteiger charge is -2.39.